The highest BCUT2D eigenvalue weighted by atomic mass is 19.4. The Morgan fingerprint density at radius 2 is 1.89 bits per heavy atom. The fourth-order valence-electron chi connectivity index (χ4n) is 3.91. The standard InChI is InChI=1S/C24H15F5N6O2/c25-18-3-1-2-16(22(18)26)23-32-20-10-31-34(12-21(20)33-23)11-13-4-7-19(30-9-13)15-6-5-14(35(36)37)8-17(15)24(27,28)29/h1-10H,11-12H2,(H,32,33). The summed E-state index contributed by atoms with van der Waals surface area (Å²) in [5.41, 5.74) is -0.378. The summed E-state index contributed by atoms with van der Waals surface area (Å²) in [7, 11) is 0. The Morgan fingerprint density at radius 3 is 2.59 bits per heavy atom. The first kappa shape index (κ1) is 24.0. The van der Waals surface area contributed by atoms with Crippen LogP contribution in [-0.4, -0.2) is 31.1 Å². The van der Waals surface area contributed by atoms with Crippen molar-refractivity contribution in [1.29, 1.82) is 0 Å². The van der Waals surface area contributed by atoms with Gasteiger partial charge in [-0.1, -0.05) is 12.1 Å². The molecule has 0 saturated carbocycles. The monoisotopic (exact) mass is 514 g/mol. The Morgan fingerprint density at radius 1 is 1.08 bits per heavy atom. The molecule has 2 aromatic carbocycles. The molecule has 4 aromatic rings. The van der Waals surface area contributed by atoms with E-state index in [1.165, 1.54) is 30.6 Å². The number of nitrogens with one attached hydrogen (secondary N) is 1. The van der Waals surface area contributed by atoms with Gasteiger partial charge >= 0.3 is 6.18 Å². The van der Waals surface area contributed by atoms with Gasteiger partial charge in [-0.15, -0.1) is 0 Å². The van der Waals surface area contributed by atoms with E-state index in [0.717, 1.165) is 18.2 Å². The van der Waals surface area contributed by atoms with Gasteiger partial charge in [0.25, 0.3) is 5.69 Å². The van der Waals surface area contributed by atoms with E-state index in [2.05, 4.69) is 20.1 Å². The predicted molar refractivity (Wildman–Crippen MR) is 122 cm³/mol. The molecule has 0 atom stereocenters. The van der Waals surface area contributed by atoms with Crippen LogP contribution in [-0.2, 0) is 19.3 Å². The molecule has 0 amide bonds. The third kappa shape index (κ3) is 4.75. The van der Waals surface area contributed by atoms with Gasteiger partial charge in [0.1, 0.15) is 11.5 Å². The molecule has 188 valence electrons. The zero-order chi connectivity index (χ0) is 26.3. The number of alkyl halides is 3. The summed E-state index contributed by atoms with van der Waals surface area (Å²) in [6.45, 7) is 0.510. The number of rotatable bonds is 5. The maximum absolute atomic E-state index is 14.1. The Kier molecular flexibility index (Phi) is 5.90. The number of aromatic nitrogens is 3. The lowest BCUT2D eigenvalue weighted by molar-refractivity contribution is -0.385. The van der Waals surface area contributed by atoms with Gasteiger partial charge in [-0.25, -0.2) is 13.8 Å². The van der Waals surface area contributed by atoms with E-state index in [4.69, 9.17) is 0 Å². The molecule has 8 nitrogen and oxygen atoms in total. The van der Waals surface area contributed by atoms with Crippen molar-refractivity contribution in [1.82, 2.24) is 20.0 Å². The van der Waals surface area contributed by atoms with Crippen LogP contribution in [0.2, 0.25) is 0 Å². The lowest BCUT2D eigenvalue weighted by atomic mass is 10.0. The molecule has 5 rings (SSSR count). The van der Waals surface area contributed by atoms with Crippen molar-refractivity contribution in [2.24, 2.45) is 5.10 Å². The molecular weight excluding hydrogens is 499 g/mol. The minimum atomic E-state index is -4.81. The van der Waals surface area contributed by atoms with Crippen LogP contribution in [0.1, 0.15) is 22.5 Å². The summed E-state index contributed by atoms with van der Waals surface area (Å²) >= 11 is 0. The molecule has 1 aliphatic rings. The fraction of sp³-hybridized carbons (Fsp3) is 0.125. The molecule has 37 heavy (non-hydrogen) atoms. The minimum Gasteiger partial charge on any atom is -0.340 e. The van der Waals surface area contributed by atoms with Crippen LogP contribution in [0.25, 0.3) is 22.6 Å². The summed E-state index contributed by atoms with van der Waals surface area (Å²) in [4.78, 5) is 21.4. The van der Waals surface area contributed by atoms with Crippen LogP contribution in [0.5, 0.6) is 0 Å². The van der Waals surface area contributed by atoms with Gasteiger partial charge in [0, 0.05) is 23.9 Å². The summed E-state index contributed by atoms with van der Waals surface area (Å²) in [5, 5.41) is 16.8. The molecule has 0 spiro atoms. The lowest BCUT2D eigenvalue weighted by Gasteiger charge is -2.21. The van der Waals surface area contributed by atoms with Crippen molar-refractivity contribution >= 4 is 11.9 Å². The van der Waals surface area contributed by atoms with Gasteiger partial charge in [0.15, 0.2) is 11.6 Å². The molecule has 0 saturated heterocycles. The second kappa shape index (κ2) is 9.08. The Balaban J connectivity index is 1.34. The van der Waals surface area contributed by atoms with E-state index in [0.29, 0.717) is 23.0 Å². The highest BCUT2D eigenvalue weighted by Gasteiger charge is 2.35. The predicted octanol–water partition coefficient (Wildman–Crippen LogP) is 5.69. The average Bonchev–Trinajstić information content (AvgIpc) is 3.28. The van der Waals surface area contributed by atoms with Crippen LogP contribution in [0.4, 0.5) is 27.6 Å². The molecule has 0 unspecified atom stereocenters. The number of nitro groups is 1. The second-order valence-electron chi connectivity index (χ2n) is 8.15. The average molecular weight is 514 g/mol. The number of aromatic amines is 1. The summed E-state index contributed by atoms with van der Waals surface area (Å²) in [5.74, 6) is -1.85. The number of hydrogen-bond donors (Lipinski definition) is 1. The number of benzene rings is 2. The van der Waals surface area contributed by atoms with Gasteiger partial charge in [-0.3, -0.25) is 20.1 Å². The number of halogens is 5. The van der Waals surface area contributed by atoms with Crippen LogP contribution < -0.4 is 0 Å². The minimum absolute atomic E-state index is 0.00531. The van der Waals surface area contributed by atoms with E-state index in [9.17, 15) is 32.1 Å². The van der Waals surface area contributed by atoms with Crippen molar-refractivity contribution in [3.05, 3.63) is 99.0 Å². The molecule has 0 fully saturated rings. The number of nitro benzene ring substituents is 1. The van der Waals surface area contributed by atoms with Crippen molar-refractivity contribution in [2.45, 2.75) is 19.3 Å². The van der Waals surface area contributed by atoms with Crippen molar-refractivity contribution in [3.8, 4) is 22.6 Å². The Bertz CT molecular complexity index is 1530. The first-order valence-electron chi connectivity index (χ1n) is 10.7. The van der Waals surface area contributed by atoms with Crippen LogP contribution in [0, 0.1) is 21.7 Å². The molecule has 0 radical (unpaired) electrons. The Hall–Kier alpha value is -4.68. The van der Waals surface area contributed by atoms with Crippen LogP contribution >= 0.6 is 0 Å². The van der Waals surface area contributed by atoms with E-state index >= 15 is 0 Å². The van der Waals surface area contributed by atoms with E-state index < -0.39 is 34.0 Å². The van der Waals surface area contributed by atoms with Gasteiger partial charge < -0.3 is 4.98 Å². The first-order chi connectivity index (χ1) is 17.6. The number of hydrazone groups is 1. The zero-order valence-corrected chi connectivity index (χ0v) is 18.6. The number of nitrogens with zero attached hydrogens (tertiary/aromatic N) is 5. The summed E-state index contributed by atoms with van der Waals surface area (Å²) in [6, 6.07) is 9.27. The number of H-pyrrole nitrogens is 1. The third-order valence-electron chi connectivity index (χ3n) is 5.69. The van der Waals surface area contributed by atoms with Gasteiger partial charge in [-0.05, 0) is 29.8 Å². The van der Waals surface area contributed by atoms with E-state index in [1.54, 1.807) is 11.1 Å². The maximum atomic E-state index is 14.1. The lowest BCUT2D eigenvalue weighted by Crippen LogP contribution is -2.21. The molecule has 2 aromatic heterocycles. The van der Waals surface area contributed by atoms with Crippen molar-refractivity contribution in [3.63, 3.8) is 0 Å². The zero-order valence-electron chi connectivity index (χ0n) is 18.6. The van der Waals surface area contributed by atoms with Crippen LogP contribution in [0.3, 0.4) is 0 Å². The Labute approximate surface area is 205 Å². The normalized spacial score (nSPS) is 13.1. The molecule has 0 aliphatic carbocycles. The van der Waals surface area contributed by atoms with E-state index in [1.807, 2.05) is 0 Å². The number of pyridine rings is 1. The molecule has 13 heteroatoms. The number of hydrogen-bond acceptors (Lipinski definition) is 6. The number of fused-ring (bicyclic) bond motifs is 1. The molecular formula is C24H15F5N6O2. The fourth-order valence-corrected chi connectivity index (χ4v) is 3.91. The smallest absolute Gasteiger partial charge is 0.340 e. The molecule has 1 aliphatic heterocycles. The molecule has 0 bridgehead atoms. The van der Waals surface area contributed by atoms with E-state index in [-0.39, 0.29) is 35.7 Å². The summed E-state index contributed by atoms with van der Waals surface area (Å²) < 4.78 is 68.3. The summed E-state index contributed by atoms with van der Waals surface area (Å²) in [6.07, 6.45) is -1.95. The van der Waals surface area contributed by atoms with Gasteiger partial charge in [0.05, 0.1) is 46.7 Å². The van der Waals surface area contributed by atoms with Gasteiger partial charge in [-0.2, -0.15) is 18.3 Å². The van der Waals surface area contributed by atoms with Crippen molar-refractivity contribution in [2.75, 3.05) is 0 Å². The molecule has 3 heterocycles. The van der Waals surface area contributed by atoms with Crippen LogP contribution in [0.15, 0.2) is 59.8 Å². The SMILES string of the molecule is O=[N+]([O-])c1ccc(-c2ccc(CN3Cc4[nH]c(-c5cccc(F)c5F)nc4C=N3)cn2)c(C(F)(F)F)c1. The molecule has 1 N–H and O–H groups in total. The largest absolute Gasteiger partial charge is 0.417 e. The highest BCUT2D eigenvalue weighted by Crippen LogP contribution is 2.38. The number of non-ortho nitro benzene ring substituents is 1. The quantitative estimate of drug-likeness (QED) is 0.209. The number of imidazole rings is 1. The third-order valence-corrected chi connectivity index (χ3v) is 5.69. The highest BCUT2D eigenvalue weighted by molar-refractivity contribution is 5.80. The second-order valence-corrected chi connectivity index (χ2v) is 8.15. The van der Waals surface area contributed by atoms with Crippen molar-refractivity contribution < 1.29 is 26.9 Å². The maximum Gasteiger partial charge on any atom is 0.417 e. The first-order valence-corrected chi connectivity index (χ1v) is 10.7. The topological polar surface area (TPSA) is 100 Å². The van der Waals surface area contributed by atoms with Gasteiger partial charge in [0.2, 0.25) is 0 Å².